The highest BCUT2D eigenvalue weighted by molar-refractivity contribution is 4.79. The summed E-state index contributed by atoms with van der Waals surface area (Å²) in [5.74, 6) is 6.71. The van der Waals surface area contributed by atoms with Crippen LogP contribution >= 0.6 is 0 Å². The van der Waals surface area contributed by atoms with Gasteiger partial charge in [0.25, 0.3) is 0 Å². The maximum Gasteiger partial charge on any atom is -0.0340 e. The first kappa shape index (κ1) is 20.0. The Morgan fingerprint density at radius 1 is 0.600 bits per heavy atom. The van der Waals surface area contributed by atoms with Crippen molar-refractivity contribution in [2.24, 2.45) is 47.3 Å². The fraction of sp³-hybridized carbons (Fsp3) is 1.00. The van der Waals surface area contributed by atoms with Gasteiger partial charge in [-0.2, -0.15) is 0 Å². The van der Waals surface area contributed by atoms with E-state index in [0.717, 1.165) is 47.3 Å². The molecule has 0 rings (SSSR count). The lowest BCUT2D eigenvalue weighted by atomic mass is 9.68. The fourth-order valence-corrected chi connectivity index (χ4v) is 4.27. The molecule has 0 N–H and O–H groups in total. The van der Waals surface area contributed by atoms with E-state index in [1.807, 2.05) is 0 Å². The molecule has 0 nitrogen and oxygen atoms in total. The molecule has 0 heteroatoms. The second kappa shape index (κ2) is 9.11. The molecule has 4 unspecified atom stereocenters. The molecule has 0 heterocycles. The molecule has 20 heavy (non-hydrogen) atoms. The van der Waals surface area contributed by atoms with Gasteiger partial charge in [-0.25, -0.2) is 0 Å². The fourth-order valence-electron chi connectivity index (χ4n) is 4.27. The van der Waals surface area contributed by atoms with Crippen molar-refractivity contribution in [1.82, 2.24) is 0 Å². The van der Waals surface area contributed by atoms with Gasteiger partial charge in [0.05, 0.1) is 0 Å². The molecule has 0 spiro atoms. The van der Waals surface area contributed by atoms with Crippen LogP contribution in [-0.2, 0) is 0 Å². The van der Waals surface area contributed by atoms with Crippen LogP contribution in [0.3, 0.4) is 0 Å². The maximum absolute atomic E-state index is 2.49. The molecule has 0 amide bonds. The standard InChI is InChI=1S/C20H42/c1-11-19(20(14(4)5)15(6)7)12-16(8)18(10)17(9)13(2)3/h13-20H,11-12H2,1-10H3. The van der Waals surface area contributed by atoms with Gasteiger partial charge < -0.3 is 0 Å². The topological polar surface area (TPSA) is 0 Å². The first-order chi connectivity index (χ1) is 9.13. The largest absolute Gasteiger partial charge is 0.0651 e. The summed E-state index contributed by atoms with van der Waals surface area (Å²) in [6.45, 7) is 24.2. The van der Waals surface area contributed by atoms with E-state index in [2.05, 4.69) is 69.2 Å². The normalized spacial score (nSPS) is 18.9. The predicted molar refractivity (Wildman–Crippen MR) is 93.9 cm³/mol. The molecule has 0 aromatic rings. The lowest BCUT2D eigenvalue weighted by Crippen LogP contribution is -2.29. The van der Waals surface area contributed by atoms with Gasteiger partial charge in [-0.1, -0.05) is 75.7 Å². The van der Waals surface area contributed by atoms with Crippen LogP contribution in [0.5, 0.6) is 0 Å². The zero-order valence-corrected chi connectivity index (χ0v) is 16.0. The second-order valence-corrected chi connectivity index (χ2v) is 8.41. The zero-order chi connectivity index (χ0) is 16.0. The van der Waals surface area contributed by atoms with Crippen molar-refractivity contribution in [3.63, 3.8) is 0 Å². The molecule has 4 atom stereocenters. The predicted octanol–water partition coefficient (Wildman–Crippen LogP) is 6.90. The highest BCUT2D eigenvalue weighted by Gasteiger charge is 2.30. The Morgan fingerprint density at radius 3 is 1.35 bits per heavy atom. The van der Waals surface area contributed by atoms with Gasteiger partial charge in [0, 0.05) is 0 Å². The number of hydrogen-bond donors (Lipinski definition) is 0. The van der Waals surface area contributed by atoms with E-state index < -0.39 is 0 Å². The summed E-state index contributed by atoms with van der Waals surface area (Å²) in [4.78, 5) is 0. The lowest BCUT2D eigenvalue weighted by molar-refractivity contribution is 0.123. The Bertz CT molecular complexity index is 230. The van der Waals surface area contributed by atoms with Crippen LogP contribution in [0.4, 0.5) is 0 Å². The minimum atomic E-state index is 0.804. The average molecular weight is 283 g/mol. The quantitative estimate of drug-likeness (QED) is 0.431. The van der Waals surface area contributed by atoms with Crippen LogP contribution < -0.4 is 0 Å². The Labute approximate surface area is 130 Å². The summed E-state index contributed by atoms with van der Waals surface area (Å²) in [5.41, 5.74) is 0. The molecular formula is C20H42. The third-order valence-electron chi connectivity index (χ3n) is 6.06. The summed E-state index contributed by atoms with van der Waals surface area (Å²) in [6.07, 6.45) is 2.75. The third-order valence-corrected chi connectivity index (χ3v) is 6.06. The van der Waals surface area contributed by atoms with E-state index in [9.17, 15) is 0 Å². The van der Waals surface area contributed by atoms with Gasteiger partial charge in [0.2, 0.25) is 0 Å². The molecule has 0 fully saturated rings. The molecule has 0 bridgehead atoms. The smallest absolute Gasteiger partial charge is 0.0340 e. The van der Waals surface area contributed by atoms with Crippen molar-refractivity contribution < 1.29 is 0 Å². The summed E-state index contributed by atoms with van der Waals surface area (Å²) < 4.78 is 0. The number of hydrogen-bond acceptors (Lipinski definition) is 0. The SMILES string of the molecule is CCC(CC(C)C(C)C(C)C(C)C)C(C(C)C)C(C)C. The van der Waals surface area contributed by atoms with Gasteiger partial charge >= 0.3 is 0 Å². The minimum Gasteiger partial charge on any atom is -0.0651 e. The van der Waals surface area contributed by atoms with Crippen molar-refractivity contribution in [3.05, 3.63) is 0 Å². The van der Waals surface area contributed by atoms with E-state index in [0.29, 0.717) is 0 Å². The highest BCUT2D eigenvalue weighted by Crippen LogP contribution is 2.38. The lowest BCUT2D eigenvalue weighted by Gasteiger charge is -2.37. The van der Waals surface area contributed by atoms with Crippen LogP contribution in [0.25, 0.3) is 0 Å². The van der Waals surface area contributed by atoms with Gasteiger partial charge in [0.1, 0.15) is 0 Å². The van der Waals surface area contributed by atoms with Gasteiger partial charge in [-0.05, 0) is 53.8 Å². The Balaban J connectivity index is 4.78. The molecule has 0 radical (unpaired) electrons. The molecule has 0 aliphatic carbocycles. The Morgan fingerprint density at radius 2 is 1.05 bits per heavy atom. The van der Waals surface area contributed by atoms with Gasteiger partial charge in [0.15, 0.2) is 0 Å². The molecule has 0 saturated heterocycles. The van der Waals surface area contributed by atoms with Crippen LogP contribution in [-0.4, -0.2) is 0 Å². The van der Waals surface area contributed by atoms with Crippen molar-refractivity contribution in [2.75, 3.05) is 0 Å². The third kappa shape index (κ3) is 5.78. The first-order valence-corrected chi connectivity index (χ1v) is 9.13. The van der Waals surface area contributed by atoms with Crippen molar-refractivity contribution in [1.29, 1.82) is 0 Å². The summed E-state index contributed by atoms with van der Waals surface area (Å²) in [5, 5.41) is 0. The maximum atomic E-state index is 2.49. The molecule has 0 saturated carbocycles. The van der Waals surface area contributed by atoms with Crippen molar-refractivity contribution in [3.8, 4) is 0 Å². The minimum absolute atomic E-state index is 0.804. The van der Waals surface area contributed by atoms with E-state index in [1.165, 1.54) is 12.8 Å². The van der Waals surface area contributed by atoms with E-state index in [4.69, 9.17) is 0 Å². The molecule has 0 aliphatic rings. The van der Waals surface area contributed by atoms with E-state index >= 15 is 0 Å². The summed E-state index contributed by atoms with van der Waals surface area (Å²) in [6, 6.07) is 0. The van der Waals surface area contributed by atoms with Gasteiger partial charge in [-0.15, -0.1) is 0 Å². The Hall–Kier alpha value is 0. The molecular weight excluding hydrogens is 240 g/mol. The number of rotatable bonds is 9. The van der Waals surface area contributed by atoms with Crippen LogP contribution in [0.2, 0.25) is 0 Å². The molecule has 122 valence electrons. The van der Waals surface area contributed by atoms with Crippen LogP contribution in [0.15, 0.2) is 0 Å². The summed E-state index contributed by atoms with van der Waals surface area (Å²) in [7, 11) is 0. The zero-order valence-electron chi connectivity index (χ0n) is 16.0. The monoisotopic (exact) mass is 282 g/mol. The van der Waals surface area contributed by atoms with Crippen molar-refractivity contribution >= 4 is 0 Å². The molecule has 0 aromatic carbocycles. The van der Waals surface area contributed by atoms with E-state index in [-0.39, 0.29) is 0 Å². The average Bonchev–Trinajstić information content (AvgIpc) is 2.34. The Kier molecular flexibility index (Phi) is 9.11. The second-order valence-electron chi connectivity index (χ2n) is 8.41. The summed E-state index contributed by atoms with van der Waals surface area (Å²) >= 11 is 0. The highest BCUT2D eigenvalue weighted by atomic mass is 14.4. The van der Waals surface area contributed by atoms with E-state index in [1.54, 1.807) is 0 Å². The first-order valence-electron chi connectivity index (χ1n) is 9.13. The van der Waals surface area contributed by atoms with Crippen LogP contribution in [0, 0.1) is 47.3 Å². The van der Waals surface area contributed by atoms with Gasteiger partial charge in [-0.3, -0.25) is 0 Å². The molecule has 0 aromatic heterocycles. The molecule has 0 aliphatic heterocycles. The van der Waals surface area contributed by atoms with Crippen molar-refractivity contribution in [2.45, 2.75) is 82.1 Å². The van der Waals surface area contributed by atoms with Crippen LogP contribution in [0.1, 0.15) is 82.1 Å².